The van der Waals surface area contributed by atoms with E-state index in [1.807, 2.05) is 0 Å². The Labute approximate surface area is 104 Å². The molecule has 96 valence electrons. The molecule has 1 N–H and O–H groups in total. The van der Waals surface area contributed by atoms with Gasteiger partial charge in [-0.25, -0.2) is 0 Å². The maximum absolute atomic E-state index is 11.8. The first-order valence-electron chi connectivity index (χ1n) is 6.65. The van der Waals surface area contributed by atoms with Crippen molar-refractivity contribution in [1.29, 1.82) is 5.26 Å². The van der Waals surface area contributed by atoms with Gasteiger partial charge in [0.15, 0.2) is 0 Å². The van der Waals surface area contributed by atoms with Gasteiger partial charge in [-0.05, 0) is 32.4 Å². The Bertz CT molecular complexity index is 264. The number of hydrogen-bond acceptors (Lipinski definition) is 3. The van der Waals surface area contributed by atoms with Crippen LogP contribution in [0.4, 0.5) is 0 Å². The molecule has 4 nitrogen and oxygen atoms in total. The predicted molar refractivity (Wildman–Crippen MR) is 67.3 cm³/mol. The lowest BCUT2D eigenvalue weighted by Crippen LogP contribution is -2.41. The quantitative estimate of drug-likeness (QED) is 0.713. The van der Waals surface area contributed by atoms with E-state index in [9.17, 15) is 4.79 Å². The number of carbonyl (C=O) groups excluding carboxylic acids is 1. The standard InChI is InChI=1S/C13H23N3O/c1-2-3-8-15-13(17)12-5-10-16(11-6-12)9-4-7-14/h12H,2-6,8-11H2,1H3,(H,15,17). The predicted octanol–water partition coefficient (Wildman–Crippen LogP) is 1.53. The van der Waals surface area contributed by atoms with E-state index in [2.05, 4.69) is 23.2 Å². The van der Waals surface area contributed by atoms with E-state index in [1.165, 1.54) is 0 Å². The van der Waals surface area contributed by atoms with Crippen LogP contribution in [-0.2, 0) is 4.79 Å². The number of nitrogens with zero attached hydrogens (tertiary/aromatic N) is 2. The number of hydrogen-bond donors (Lipinski definition) is 1. The SMILES string of the molecule is CCCCNC(=O)C1CCN(CCC#N)CC1. The summed E-state index contributed by atoms with van der Waals surface area (Å²) < 4.78 is 0. The zero-order chi connectivity index (χ0) is 12.5. The highest BCUT2D eigenvalue weighted by molar-refractivity contribution is 5.78. The molecule has 1 aliphatic rings. The number of carbonyl (C=O) groups is 1. The van der Waals surface area contributed by atoms with Gasteiger partial charge < -0.3 is 10.2 Å². The molecule has 0 radical (unpaired) electrons. The average molecular weight is 237 g/mol. The second-order valence-corrected chi connectivity index (χ2v) is 4.67. The summed E-state index contributed by atoms with van der Waals surface area (Å²) in [5, 5.41) is 11.5. The van der Waals surface area contributed by atoms with Gasteiger partial charge in [0.2, 0.25) is 5.91 Å². The van der Waals surface area contributed by atoms with Gasteiger partial charge in [0, 0.05) is 25.4 Å². The molecule has 0 atom stereocenters. The smallest absolute Gasteiger partial charge is 0.223 e. The molecule has 0 aliphatic carbocycles. The lowest BCUT2D eigenvalue weighted by molar-refractivity contribution is -0.126. The highest BCUT2D eigenvalue weighted by Gasteiger charge is 2.24. The van der Waals surface area contributed by atoms with Crippen LogP contribution in [-0.4, -0.2) is 37.0 Å². The van der Waals surface area contributed by atoms with Crippen molar-refractivity contribution in [1.82, 2.24) is 10.2 Å². The number of nitrogens with one attached hydrogen (secondary N) is 1. The minimum atomic E-state index is 0.185. The highest BCUT2D eigenvalue weighted by Crippen LogP contribution is 2.17. The Balaban J connectivity index is 2.17. The molecule has 1 rings (SSSR count). The van der Waals surface area contributed by atoms with Gasteiger partial charge in [-0.2, -0.15) is 5.26 Å². The van der Waals surface area contributed by atoms with Crippen LogP contribution in [0.5, 0.6) is 0 Å². The van der Waals surface area contributed by atoms with Crippen LogP contribution in [0.1, 0.15) is 39.0 Å². The van der Waals surface area contributed by atoms with Crippen LogP contribution in [0.3, 0.4) is 0 Å². The molecule has 1 amide bonds. The molecule has 1 fully saturated rings. The first kappa shape index (κ1) is 14.0. The van der Waals surface area contributed by atoms with Crippen LogP contribution in [0.25, 0.3) is 0 Å². The maximum atomic E-state index is 11.8. The van der Waals surface area contributed by atoms with Crippen LogP contribution in [0.15, 0.2) is 0 Å². The summed E-state index contributed by atoms with van der Waals surface area (Å²) in [7, 11) is 0. The molecule has 1 saturated heterocycles. The van der Waals surface area contributed by atoms with E-state index < -0.39 is 0 Å². The second kappa shape index (κ2) is 8.08. The minimum Gasteiger partial charge on any atom is -0.356 e. The first-order chi connectivity index (χ1) is 8.27. The van der Waals surface area contributed by atoms with E-state index in [0.717, 1.165) is 51.9 Å². The number of nitriles is 1. The number of rotatable bonds is 6. The fraction of sp³-hybridized carbons (Fsp3) is 0.846. The minimum absolute atomic E-state index is 0.185. The van der Waals surface area contributed by atoms with E-state index in [4.69, 9.17) is 5.26 Å². The molecule has 0 spiro atoms. The molecule has 0 aromatic heterocycles. The molecule has 0 unspecified atom stereocenters. The fourth-order valence-corrected chi connectivity index (χ4v) is 2.16. The van der Waals surface area contributed by atoms with Crippen LogP contribution in [0, 0.1) is 17.2 Å². The summed E-state index contributed by atoms with van der Waals surface area (Å²) in [6, 6.07) is 2.16. The monoisotopic (exact) mass is 237 g/mol. The first-order valence-corrected chi connectivity index (χ1v) is 6.65. The summed E-state index contributed by atoms with van der Waals surface area (Å²) in [4.78, 5) is 14.1. The Morgan fingerprint density at radius 3 is 2.76 bits per heavy atom. The Kier molecular flexibility index (Phi) is 6.64. The van der Waals surface area contributed by atoms with Gasteiger partial charge in [-0.1, -0.05) is 13.3 Å². The summed E-state index contributed by atoms with van der Waals surface area (Å²) in [5.74, 6) is 0.406. The molecule has 0 bridgehead atoms. The molecule has 4 heteroatoms. The van der Waals surface area contributed by atoms with E-state index in [0.29, 0.717) is 6.42 Å². The van der Waals surface area contributed by atoms with E-state index in [1.54, 1.807) is 0 Å². The average Bonchev–Trinajstić information content (AvgIpc) is 2.37. The number of unbranched alkanes of at least 4 members (excludes halogenated alkanes) is 1. The third-order valence-electron chi connectivity index (χ3n) is 3.33. The van der Waals surface area contributed by atoms with Gasteiger partial charge >= 0.3 is 0 Å². The molecular weight excluding hydrogens is 214 g/mol. The van der Waals surface area contributed by atoms with Gasteiger partial charge in [-0.3, -0.25) is 4.79 Å². The van der Waals surface area contributed by atoms with Crippen molar-refractivity contribution in [3.8, 4) is 6.07 Å². The largest absolute Gasteiger partial charge is 0.356 e. The molecular formula is C13H23N3O. The van der Waals surface area contributed by atoms with Gasteiger partial charge in [0.25, 0.3) is 0 Å². The van der Waals surface area contributed by atoms with E-state index >= 15 is 0 Å². The third kappa shape index (κ3) is 5.18. The summed E-state index contributed by atoms with van der Waals surface area (Å²) in [5.41, 5.74) is 0. The van der Waals surface area contributed by atoms with Crippen LogP contribution in [0.2, 0.25) is 0 Å². The number of likely N-dealkylation sites (tertiary alicyclic amines) is 1. The van der Waals surface area contributed by atoms with Gasteiger partial charge in [0.1, 0.15) is 0 Å². The molecule has 1 heterocycles. The van der Waals surface area contributed by atoms with Crippen molar-refractivity contribution >= 4 is 5.91 Å². The zero-order valence-electron chi connectivity index (χ0n) is 10.7. The van der Waals surface area contributed by atoms with Crippen molar-refractivity contribution in [3.63, 3.8) is 0 Å². The lowest BCUT2D eigenvalue weighted by Gasteiger charge is -2.30. The van der Waals surface area contributed by atoms with Crippen LogP contribution >= 0.6 is 0 Å². The third-order valence-corrected chi connectivity index (χ3v) is 3.33. The van der Waals surface area contributed by atoms with Crippen molar-refractivity contribution in [2.24, 2.45) is 5.92 Å². The van der Waals surface area contributed by atoms with Crippen molar-refractivity contribution < 1.29 is 4.79 Å². The van der Waals surface area contributed by atoms with Crippen LogP contribution < -0.4 is 5.32 Å². The summed E-state index contributed by atoms with van der Waals surface area (Å²) in [6.45, 7) is 5.69. The normalized spacial score (nSPS) is 17.6. The Morgan fingerprint density at radius 2 is 2.18 bits per heavy atom. The van der Waals surface area contributed by atoms with Crippen molar-refractivity contribution in [2.75, 3.05) is 26.2 Å². The van der Waals surface area contributed by atoms with E-state index in [-0.39, 0.29) is 11.8 Å². The molecule has 0 aromatic rings. The number of amides is 1. The fourth-order valence-electron chi connectivity index (χ4n) is 2.16. The molecule has 0 aromatic carbocycles. The van der Waals surface area contributed by atoms with Gasteiger partial charge in [-0.15, -0.1) is 0 Å². The molecule has 0 saturated carbocycles. The van der Waals surface area contributed by atoms with Crippen molar-refractivity contribution in [2.45, 2.75) is 39.0 Å². The lowest BCUT2D eigenvalue weighted by atomic mass is 9.96. The second-order valence-electron chi connectivity index (χ2n) is 4.67. The Hall–Kier alpha value is -1.08. The zero-order valence-corrected chi connectivity index (χ0v) is 10.7. The summed E-state index contributed by atoms with van der Waals surface area (Å²) in [6.07, 6.45) is 4.64. The molecule has 1 aliphatic heterocycles. The molecule has 17 heavy (non-hydrogen) atoms. The van der Waals surface area contributed by atoms with Crippen molar-refractivity contribution in [3.05, 3.63) is 0 Å². The highest BCUT2D eigenvalue weighted by atomic mass is 16.1. The van der Waals surface area contributed by atoms with Gasteiger partial charge in [0.05, 0.1) is 6.07 Å². The maximum Gasteiger partial charge on any atom is 0.223 e. The number of piperidine rings is 1. The topological polar surface area (TPSA) is 56.1 Å². The Morgan fingerprint density at radius 1 is 1.47 bits per heavy atom. The summed E-state index contributed by atoms with van der Waals surface area (Å²) >= 11 is 0.